The van der Waals surface area contributed by atoms with Crippen molar-refractivity contribution in [2.45, 2.75) is 13.0 Å². The lowest BCUT2D eigenvalue weighted by atomic mass is 10.2. The molecule has 0 unspecified atom stereocenters. The number of hydrogen-bond acceptors (Lipinski definition) is 9. The van der Waals surface area contributed by atoms with E-state index in [-0.39, 0.29) is 17.4 Å². The van der Waals surface area contributed by atoms with Gasteiger partial charge in [-0.3, -0.25) is 10.2 Å². The summed E-state index contributed by atoms with van der Waals surface area (Å²) in [7, 11) is 0. The fourth-order valence-electron chi connectivity index (χ4n) is 1.95. The first-order valence-electron chi connectivity index (χ1n) is 7.81. The summed E-state index contributed by atoms with van der Waals surface area (Å²) in [6, 6.07) is 7.09. The molecule has 0 fully saturated rings. The van der Waals surface area contributed by atoms with E-state index < -0.39 is 5.91 Å². The number of hydrogen-bond donors (Lipinski definition) is 6. The van der Waals surface area contributed by atoms with E-state index in [0.29, 0.717) is 23.9 Å². The van der Waals surface area contributed by atoms with Crippen molar-refractivity contribution in [1.29, 1.82) is 5.41 Å². The molecule has 0 bridgehead atoms. The molecule has 136 valence electrons. The quantitative estimate of drug-likeness (QED) is 0.289. The molecule has 2 aromatic rings. The maximum atomic E-state index is 11.6. The predicted molar refractivity (Wildman–Crippen MR) is 103 cm³/mol. The molecule has 2 rings (SSSR count). The van der Waals surface area contributed by atoms with Crippen LogP contribution < -0.4 is 27.5 Å². The van der Waals surface area contributed by atoms with E-state index in [1.165, 1.54) is 12.4 Å². The number of carbonyl (C=O) groups excluding carboxylic acids is 1. The summed E-state index contributed by atoms with van der Waals surface area (Å²) in [5.74, 6) is -0.0319. The summed E-state index contributed by atoms with van der Waals surface area (Å²) in [4.78, 5) is 20.0. The van der Waals surface area contributed by atoms with Crippen molar-refractivity contribution >= 4 is 41.5 Å². The van der Waals surface area contributed by atoms with Gasteiger partial charge in [0.25, 0.3) is 5.91 Å². The van der Waals surface area contributed by atoms with Crippen molar-refractivity contribution in [2.75, 3.05) is 22.6 Å². The molecule has 0 radical (unpaired) electrons. The third-order valence-corrected chi connectivity index (χ3v) is 3.10. The number of anilines is 4. The van der Waals surface area contributed by atoms with Crippen LogP contribution in [0, 0.1) is 5.41 Å². The van der Waals surface area contributed by atoms with E-state index >= 15 is 0 Å². The number of aromatic nitrogens is 2. The fraction of sp³-hybridized carbons (Fsp3) is 0.188. The molecule has 0 aliphatic rings. The Balaban J connectivity index is 2.24. The summed E-state index contributed by atoms with van der Waals surface area (Å²) in [6.07, 6.45) is 3.73. The SMILES string of the molecule is C[C@H](N)CNc1ncc(C(N)=O)c(Nc2cccc(N/N=C\C=N)c2)n1. The zero-order valence-corrected chi connectivity index (χ0v) is 14.2. The van der Waals surface area contributed by atoms with E-state index in [2.05, 4.69) is 31.1 Å². The lowest BCUT2D eigenvalue weighted by Crippen LogP contribution is -2.26. The van der Waals surface area contributed by atoms with Gasteiger partial charge in [0, 0.05) is 30.7 Å². The van der Waals surface area contributed by atoms with Crippen LogP contribution in [0.15, 0.2) is 35.6 Å². The van der Waals surface area contributed by atoms with Crippen LogP contribution in [-0.2, 0) is 0 Å². The topological polar surface area (TPSA) is 167 Å². The zero-order valence-electron chi connectivity index (χ0n) is 14.2. The molecule has 0 saturated heterocycles. The third-order valence-electron chi connectivity index (χ3n) is 3.10. The minimum Gasteiger partial charge on any atom is -0.365 e. The first kappa shape index (κ1) is 18.8. The fourth-order valence-corrected chi connectivity index (χ4v) is 1.95. The molecule has 10 nitrogen and oxygen atoms in total. The number of rotatable bonds is 9. The summed E-state index contributed by atoms with van der Waals surface area (Å²) in [6.45, 7) is 2.34. The molecular weight excluding hydrogens is 334 g/mol. The van der Waals surface area contributed by atoms with Gasteiger partial charge in [0.15, 0.2) is 0 Å². The van der Waals surface area contributed by atoms with Crippen LogP contribution in [0.1, 0.15) is 17.3 Å². The van der Waals surface area contributed by atoms with Crippen LogP contribution in [0.2, 0.25) is 0 Å². The minimum absolute atomic E-state index is 0.0740. The third kappa shape index (κ3) is 5.53. The van der Waals surface area contributed by atoms with Crippen LogP contribution in [0.5, 0.6) is 0 Å². The van der Waals surface area contributed by atoms with E-state index in [4.69, 9.17) is 16.9 Å². The maximum absolute atomic E-state index is 11.6. The van der Waals surface area contributed by atoms with Crippen LogP contribution >= 0.6 is 0 Å². The highest BCUT2D eigenvalue weighted by atomic mass is 16.1. The maximum Gasteiger partial charge on any atom is 0.254 e. The van der Waals surface area contributed by atoms with Gasteiger partial charge < -0.3 is 27.5 Å². The van der Waals surface area contributed by atoms with Crippen molar-refractivity contribution in [3.8, 4) is 0 Å². The van der Waals surface area contributed by atoms with Gasteiger partial charge >= 0.3 is 0 Å². The van der Waals surface area contributed by atoms with Crippen LogP contribution in [-0.4, -0.2) is 40.9 Å². The van der Waals surface area contributed by atoms with Crippen molar-refractivity contribution in [1.82, 2.24) is 9.97 Å². The second-order valence-corrected chi connectivity index (χ2v) is 5.44. The summed E-state index contributed by atoms with van der Waals surface area (Å²) in [5.41, 5.74) is 15.4. The molecule has 0 saturated carbocycles. The Hall–Kier alpha value is -3.53. The molecule has 1 heterocycles. The predicted octanol–water partition coefficient (Wildman–Crippen LogP) is 1.13. The van der Waals surface area contributed by atoms with Crippen LogP contribution in [0.4, 0.5) is 23.1 Å². The Labute approximate surface area is 150 Å². The molecule has 0 aliphatic carbocycles. The molecule has 1 amide bonds. The Kier molecular flexibility index (Phi) is 6.57. The van der Waals surface area contributed by atoms with Gasteiger partial charge in [0.05, 0.1) is 11.9 Å². The molecule has 1 aromatic heterocycles. The Morgan fingerprint density at radius 2 is 2.19 bits per heavy atom. The second kappa shape index (κ2) is 9.08. The summed E-state index contributed by atoms with van der Waals surface area (Å²) in [5, 5.41) is 16.8. The van der Waals surface area contributed by atoms with Crippen LogP contribution in [0.3, 0.4) is 0 Å². The molecule has 0 aliphatic heterocycles. The average Bonchev–Trinajstić information content (AvgIpc) is 2.60. The number of primary amides is 1. The lowest BCUT2D eigenvalue weighted by Gasteiger charge is -2.13. The first-order valence-corrected chi connectivity index (χ1v) is 7.81. The van der Waals surface area contributed by atoms with Gasteiger partial charge in [-0.05, 0) is 25.1 Å². The standard InChI is InChI=1S/C16H21N9O/c1-10(18)8-20-16-21-9-13(14(19)26)15(24-16)23-11-3-2-4-12(7-11)25-22-6-5-17/h2-7,9-10,17,25H,8,18H2,1H3,(H2,19,26)(H2,20,21,23,24)/b17-5?,22-6-/t10-/m0/s1. The molecule has 1 aromatic carbocycles. The molecule has 26 heavy (non-hydrogen) atoms. The molecule has 10 heteroatoms. The highest BCUT2D eigenvalue weighted by Gasteiger charge is 2.13. The first-order chi connectivity index (χ1) is 12.5. The van der Waals surface area contributed by atoms with E-state index in [9.17, 15) is 4.79 Å². The number of benzene rings is 1. The van der Waals surface area contributed by atoms with E-state index in [0.717, 1.165) is 6.21 Å². The highest BCUT2D eigenvalue weighted by Crippen LogP contribution is 2.22. The normalized spacial score (nSPS) is 11.8. The van der Waals surface area contributed by atoms with Crippen molar-refractivity contribution in [2.24, 2.45) is 16.6 Å². The van der Waals surface area contributed by atoms with Crippen molar-refractivity contribution in [3.63, 3.8) is 0 Å². The van der Waals surface area contributed by atoms with Crippen LogP contribution in [0.25, 0.3) is 0 Å². The highest BCUT2D eigenvalue weighted by molar-refractivity contribution is 6.14. The Morgan fingerprint density at radius 3 is 2.88 bits per heavy atom. The lowest BCUT2D eigenvalue weighted by molar-refractivity contribution is 0.100. The summed E-state index contributed by atoms with van der Waals surface area (Å²) < 4.78 is 0. The van der Waals surface area contributed by atoms with Gasteiger partial charge in [-0.1, -0.05) is 6.07 Å². The van der Waals surface area contributed by atoms with E-state index in [1.54, 1.807) is 24.3 Å². The van der Waals surface area contributed by atoms with Gasteiger partial charge in [-0.15, -0.1) is 0 Å². The number of nitrogens with two attached hydrogens (primary N) is 2. The number of carbonyl (C=O) groups is 1. The zero-order chi connectivity index (χ0) is 18.9. The molecule has 0 spiro atoms. The number of nitrogens with zero attached hydrogens (tertiary/aromatic N) is 3. The van der Waals surface area contributed by atoms with E-state index in [1.807, 2.05) is 6.92 Å². The van der Waals surface area contributed by atoms with Gasteiger partial charge in [0.2, 0.25) is 5.95 Å². The van der Waals surface area contributed by atoms with Gasteiger partial charge in [-0.25, -0.2) is 4.98 Å². The number of hydrazone groups is 1. The average molecular weight is 355 g/mol. The Morgan fingerprint density at radius 1 is 1.42 bits per heavy atom. The Bertz CT molecular complexity index is 804. The van der Waals surface area contributed by atoms with Gasteiger partial charge in [0.1, 0.15) is 11.4 Å². The number of nitrogens with one attached hydrogen (secondary N) is 4. The van der Waals surface area contributed by atoms with Gasteiger partial charge in [-0.2, -0.15) is 10.1 Å². The van der Waals surface area contributed by atoms with Crippen molar-refractivity contribution in [3.05, 3.63) is 36.0 Å². The number of amides is 1. The molecule has 1 atom stereocenters. The minimum atomic E-state index is -0.642. The molecule has 8 N–H and O–H groups in total. The van der Waals surface area contributed by atoms with Crippen molar-refractivity contribution < 1.29 is 4.79 Å². The monoisotopic (exact) mass is 355 g/mol. The second-order valence-electron chi connectivity index (χ2n) is 5.44. The molecular formula is C16H21N9O. The summed E-state index contributed by atoms with van der Waals surface area (Å²) >= 11 is 0. The smallest absolute Gasteiger partial charge is 0.254 e. The largest absolute Gasteiger partial charge is 0.365 e.